The highest BCUT2D eigenvalue weighted by Gasteiger charge is 2.13. The van der Waals surface area contributed by atoms with E-state index < -0.39 is 0 Å². The van der Waals surface area contributed by atoms with Crippen LogP contribution >= 0.6 is 15.9 Å². The zero-order valence-corrected chi connectivity index (χ0v) is 18.2. The van der Waals surface area contributed by atoms with Crippen molar-refractivity contribution in [1.29, 1.82) is 0 Å². The first-order valence-electron chi connectivity index (χ1n) is 9.78. The third-order valence-electron chi connectivity index (χ3n) is 4.30. The number of carbonyl (C=O) groups is 1. The molecule has 9 heteroatoms. The molecule has 1 aliphatic rings. The predicted octanol–water partition coefficient (Wildman–Crippen LogP) is 1.87. The van der Waals surface area contributed by atoms with E-state index in [1.165, 1.54) is 0 Å². The molecule has 1 aliphatic heterocycles. The molecular weight excluding hydrogens is 446 g/mol. The first-order valence-corrected chi connectivity index (χ1v) is 10.6. The van der Waals surface area contributed by atoms with Crippen LogP contribution in [-0.4, -0.2) is 95.5 Å². The van der Waals surface area contributed by atoms with Gasteiger partial charge >= 0.3 is 0 Å². The third-order valence-corrected chi connectivity index (χ3v) is 4.75. The lowest BCUT2D eigenvalue weighted by Crippen LogP contribution is -2.31. The molecule has 1 saturated heterocycles. The first-order chi connectivity index (χ1) is 14.2. The molecule has 0 bridgehead atoms. The monoisotopic (exact) mass is 475 g/mol. The Morgan fingerprint density at radius 1 is 0.828 bits per heavy atom. The van der Waals surface area contributed by atoms with Gasteiger partial charge in [0.15, 0.2) is 6.29 Å². The summed E-state index contributed by atoms with van der Waals surface area (Å²) in [5.41, 5.74) is 0.942. The number of ether oxygens (including phenoxy) is 5. The summed E-state index contributed by atoms with van der Waals surface area (Å²) in [5, 5.41) is 10.3. The largest absolute Gasteiger partial charge is 0.507 e. The van der Waals surface area contributed by atoms with Gasteiger partial charge in [0, 0.05) is 29.7 Å². The molecular formula is C20H30BrNO7. The number of aldehydes is 1. The van der Waals surface area contributed by atoms with Crippen LogP contribution in [0.15, 0.2) is 16.6 Å². The average molecular weight is 476 g/mol. The maximum absolute atomic E-state index is 11.2. The minimum Gasteiger partial charge on any atom is -0.507 e. The topological polar surface area (TPSA) is 86.7 Å². The highest BCUT2D eigenvalue weighted by molar-refractivity contribution is 9.10. The van der Waals surface area contributed by atoms with E-state index in [1.807, 2.05) is 6.07 Å². The summed E-state index contributed by atoms with van der Waals surface area (Å²) in [5.74, 6) is 0.00788. The highest BCUT2D eigenvalue weighted by Crippen LogP contribution is 2.27. The number of halogens is 1. The van der Waals surface area contributed by atoms with E-state index >= 15 is 0 Å². The van der Waals surface area contributed by atoms with Gasteiger partial charge in [0.25, 0.3) is 0 Å². The van der Waals surface area contributed by atoms with E-state index in [1.54, 1.807) is 6.07 Å². The second-order valence-corrected chi connectivity index (χ2v) is 7.37. The maximum atomic E-state index is 11.2. The molecule has 1 heterocycles. The fraction of sp³-hybridized carbons (Fsp3) is 0.650. The fourth-order valence-electron chi connectivity index (χ4n) is 2.77. The van der Waals surface area contributed by atoms with E-state index in [0.717, 1.165) is 4.47 Å². The number of nitrogens with zero attached hydrogens (tertiary/aromatic N) is 1. The van der Waals surface area contributed by atoms with Gasteiger partial charge in [-0.15, -0.1) is 0 Å². The Kier molecular flexibility index (Phi) is 12.4. The van der Waals surface area contributed by atoms with E-state index in [-0.39, 0.29) is 11.3 Å². The fourth-order valence-corrected chi connectivity index (χ4v) is 3.29. The van der Waals surface area contributed by atoms with Crippen LogP contribution in [-0.2, 0) is 30.2 Å². The Balaban J connectivity index is 1.91. The second-order valence-electron chi connectivity index (χ2n) is 6.46. The van der Waals surface area contributed by atoms with Crippen molar-refractivity contribution in [2.24, 2.45) is 0 Å². The molecule has 0 spiro atoms. The van der Waals surface area contributed by atoms with Gasteiger partial charge in [0.05, 0.1) is 71.6 Å². The number of phenolic OH excluding ortho intramolecular Hbond substituents is 1. The van der Waals surface area contributed by atoms with Gasteiger partial charge in [-0.2, -0.15) is 0 Å². The Morgan fingerprint density at radius 3 is 1.72 bits per heavy atom. The Bertz CT molecular complexity index is 584. The summed E-state index contributed by atoms with van der Waals surface area (Å²) in [6.07, 6.45) is 0.653. The van der Waals surface area contributed by atoms with Crippen LogP contribution in [0.1, 0.15) is 15.9 Å². The summed E-state index contributed by atoms with van der Waals surface area (Å²) in [6.45, 7) is 7.00. The molecule has 0 radical (unpaired) electrons. The van der Waals surface area contributed by atoms with Crippen LogP contribution in [0.25, 0.3) is 0 Å². The van der Waals surface area contributed by atoms with Crippen molar-refractivity contribution in [2.75, 3.05) is 79.2 Å². The molecule has 0 aliphatic carbocycles. The standard InChI is InChI=1S/C20H30BrNO7/c21-19-13-17(20(24)18(14-19)16-23)15-22-1-3-25-5-7-27-9-11-29-12-10-28-8-6-26-4-2-22/h13-14,16,24H,1-12,15H2. The van der Waals surface area contributed by atoms with Crippen molar-refractivity contribution in [1.82, 2.24) is 4.90 Å². The van der Waals surface area contributed by atoms with Crippen LogP contribution in [0.5, 0.6) is 5.75 Å². The van der Waals surface area contributed by atoms with E-state index in [2.05, 4.69) is 20.8 Å². The number of aromatic hydroxyl groups is 1. The molecule has 0 amide bonds. The Morgan fingerprint density at radius 2 is 1.28 bits per heavy atom. The van der Waals surface area contributed by atoms with Gasteiger partial charge in [0.2, 0.25) is 0 Å². The van der Waals surface area contributed by atoms with E-state index in [9.17, 15) is 9.90 Å². The quantitative estimate of drug-likeness (QED) is 0.662. The number of rotatable bonds is 3. The van der Waals surface area contributed by atoms with Crippen molar-refractivity contribution in [3.8, 4) is 5.75 Å². The molecule has 8 nitrogen and oxygen atoms in total. The molecule has 0 atom stereocenters. The second kappa shape index (κ2) is 14.8. The first kappa shape index (κ1) is 24.2. The zero-order valence-electron chi connectivity index (χ0n) is 16.6. The molecule has 1 N–H and O–H groups in total. The van der Waals surface area contributed by atoms with Crippen LogP contribution in [0.4, 0.5) is 0 Å². The molecule has 0 unspecified atom stereocenters. The lowest BCUT2D eigenvalue weighted by Gasteiger charge is -2.23. The van der Waals surface area contributed by atoms with Gasteiger partial charge in [-0.25, -0.2) is 0 Å². The summed E-state index contributed by atoms with van der Waals surface area (Å²) >= 11 is 3.39. The van der Waals surface area contributed by atoms with Crippen molar-refractivity contribution < 1.29 is 33.6 Å². The summed E-state index contributed by atoms with van der Waals surface area (Å²) < 4.78 is 28.4. The summed E-state index contributed by atoms with van der Waals surface area (Å²) in [4.78, 5) is 13.3. The van der Waals surface area contributed by atoms with Crippen LogP contribution in [0, 0.1) is 0 Å². The molecule has 1 aromatic rings. The molecule has 164 valence electrons. The Labute approximate surface area is 180 Å². The van der Waals surface area contributed by atoms with Crippen molar-refractivity contribution >= 4 is 22.2 Å². The molecule has 1 fully saturated rings. The third kappa shape index (κ3) is 9.99. The van der Waals surface area contributed by atoms with Crippen LogP contribution in [0.2, 0.25) is 0 Å². The number of carbonyl (C=O) groups excluding carboxylic acids is 1. The maximum Gasteiger partial charge on any atom is 0.153 e. The number of benzene rings is 1. The number of phenols is 1. The Hall–Kier alpha value is -1.07. The highest BCUT2D eigenvalue weighted by atomic mass is 79.9. The average Bonchev–Trinajstić information content (AvgIpc) is 2.71. The van der Waals surface area contributed by atoms with Gasteiger partial charge in [-0.1, -0.05) is 15.9 Å². The van der Waals surface area contributed by atoms with Gasteiger partial charge in [0.1, 0.15) is 5.75 Å². The molecule has 0 saturated carbocycles. The molecule has 1 aromatic carbocycles. The zero-order chi connectivity index (χ0) is 20.7. The SMILES string of the molecule is O=Cc1cc(Br)cc(CN2CCOCCOCCOCCOCCOCC2)c1O. The van der Waals surface area contributed by atoms with Gasteiger partial charge < -0.3 is 28.8 Å². The van der Waals surface area contributed by atoms with E-state index in [4.69, 9.17) is 23.7 Å². The van der Waals surface area contributed by atoms with Gasteiger partial charge in [-0.3, -0.25) is 9.69 Å². The van der Waals surface area contributed by atoms with Crippen molar-refractivity contribution in [3.63, 3.8) is 0 Å². The summed E-state index contributed by atoms with van der Waals surface area (Å²) in [7, 11) is 0. The molecule has 0 aromatic heterocycles. The van der Waals surface area contributed by atoms with Crippen LogP contribution in [0.3, 0.4) is 0 Å². The number of hydrogen-bond acceptors (Lipinski definition) is 8. The minimum atomic E-state index is 0.00788. The summed E-state index contributed by atoms with van der Waals surface area (Å²) in [6, 6.07) is 3.42. The van der Waals surface area contributed by atoms with Crippen LogP contribution < -0.4 is 0 Å². The molecule has 29 heavy (non-hydrogen) atoms. The molecule has 2 rings (SSSR count). The smallest absolute Gasteiger partial charge is 0.153 e. The van der Waals surface area contributed by atoms with Crippen molar-refractivity contribution in [2.45, 2.75) is 6.54 Å². The normalized spacial score (nSPS) is 19.9. The lowest BCUT2D eigenvalue weighted by molar-refractivity contribution is -0.0190. The lowest BCUT2D eigenvalue weighted by atomic mass is 10.1. The predicted molar refractivity (Wildman–Crippen MR) is 111 cm³/mol. The number of hydrogen-bond donors (Lipinski definition) is 1. The van der Waals surface area contributed by atoms with E-state index in [0.29, 0.717) is 97.6 Å². The van der Waals surface area contributed by atoms with Crippen molar-refractivity contribution in [3.05, 3.63) is 27.7 Å². The minimum absolute atomic E-state index is 0.00788. The van der Waals surface area contributed by atoms with Gasteiger partial charge in [-0.05, 0) is 12.1 Å².